The SMILES string of the molecule is CCc1ocnc1C(=O)Nc1ccc(Cc2ccncc2)cc1. The molecule has 0 radical (unpaired) electrons. The quantitative estimate of drug-likeness (QED) is 0.783. The maximum Gasteiger partial charge on any atom is 0.277 e. The molecule has 0 saturated carbocycles. The van der Waals surface area contributed by atoms with Crippen LogP contribution in [0.5, 0.6) is 0 Å². The number of nitrogens with one attached hydrogen (secondary N) is 1. The monoisotopic (exact) mass is 307 g/mol. The molecule has 1 amide bonds. The summed E-state index contributed by atoms with van der Waals surface area (Å²) in [5, 5.41) is 2.84. The molecule has 0 bridgehead atoms. The van der Waals surface area contributed by atoms with Crippen molar-refractivity contribution in [2.24, 2.45) is 0 Å². The molecule has 0 spiro atoms. The maximum absolute atomic E-state index is 12.2. The van der Waals surface area contributed by atoms with E-state index in [9.17, 15) is 4.79 Å². The smallest absolute Gasteiger partial charge is 0.277 e. The molecule has 1 N–H and O–H groups in total. The zero-order chi connectivity index (χ0) is 16.1. The average Bonchev–Trinajstić information content (AvgIpc) is 3.06. The number of hydrogen-bond donors (Lipinski definition) is 1. The molecular formula is C18H17N3O2. The second-order valence-corrected chi connectivity index (χ2v) is 5.16. The van der Waals surface area contributed by atoms with E-state index in [0.717, 1.165) is 12.1 Å². The van der Waals surface area contributed by atoms with Gasteiger partial charge in [0.15, 0.2) is 12.1 Å². The number of benzene rings is 1. The van der Waals surface area contributed by atoms with Crippen molar-refractivity contribution in [1.29, 1.82) is 0 Å². The second kappa shape index (κ2) is 6.87. The van der Waals surface area contributed by atoms with Crippen LogP contribution in [0.25, 0.3) is 0 Å². The molecule has 5 heteroatoms. The van der Waals surface area contributed by atoms with E-state index in [-0.39, 0.29) is 5.91 Å². The van der Waals surface area contributed by atoms with E-state index in [4.69, 9.17) is 4.42 Å². The number of oxazole rings is 1. The van der Waals surface area contributed by atoms with Crippen molar-refractivity contribution in [3.05, 3.63) is 77.8 Å². The lowest BCUT2D eigenvalue weighted by Gasteiger charge is -2.06. The van der Waals surface area contributed by atoms with E-state index in [1.807, 2.05) is 43.3 Å². The number of carbonyl (C=O) groups is 1. The largest absolute Gasteiger partial charge is 0.448 e. The first kappa shape index (κ1) is 15.0. The van der Waals surface area contributed by atoms with Gasteiger partial charge < -0.3 is 9.73 Å². The van der Waals surface area contributed by atoms with E-state index >= 15 is 0 Å². The fourth-order valence-corrected chi connectivity index (χ4v) is 2.34. The van der Waals surface area contributed by atoms with Gasteiger partial charge in [0.1, 0.15) is 5.76 Å². The van der Waals surface area contributed by atoms with Crippen molar-refractivity contribution >= 4 is 11.6 Å². The summed E-state index contributed by atoms with van der Waals surface area (Å²) in [7, 11) is 0. The van der Waals surface area contributed by atoms with Crippen LogP contribution in [0.3, 0.4) is 0 Å². The third-order valence-corrected chi connectivity index (χ3v) is 3.55. The highest BCUT2D eigenvalue weighted by Crippen LogP contribution is 2.15. The number of aryl methyl sites for hydroxylation is 1. The number of rotatable bonds is 5. The van der Waals surface area contributed by atoms with Crippen molar-refractivity contribution in [2.45, 2.75) is 19.8 Å². The van der Waals surface area contributed by atoms with Crippen LogP contribution in [0.2, 0.25) is 0 Å². The Morgan fingerprint density at radius 1 is 1.09 bits per heavy atom. The zero-order valence-electron chi connectivity index (χ0n) is 12.8. The first-order valence-corrected chi connectivity index (χ1v) is 7.48. The molecule has 3 rings (SSSR count). The van der Waals surface area contributed by atoms with E-state index in [1.54, 1.807) is 12.4 Å². The predicted molar refractivity (Wildman–Crippen MR) is 87.3 cm³/mol. The number of pyridine rings is 1. The maximum atomic E-state index is 12.2. The lowest BCUT2D eigenvalue weighted by atomic mass is 10.1. The molecule has 1 aromatic carbocycles. The highest BCUT2D eigenvalue weighted by molar-refractivity contribution is 6.03. The fraction of sp³-hybridized carbons (Fsp3) is 0.167. The predicted octanol–water partition coefficient (Wildman–Crippen LogP) is 3.48. The Labute approximate surface area is 134 Å². The van der Waals surface area contributed by atoms with Gasteiger partial charge in [0, 0.05) is 24.5 Å². The van der Waals surface area contributed by atoms with Crippen LogP contribution in [-0.2, 0) is 12.8 Å². The minimum Gasteiger partial charge on any atom is -0.448 e. The van der Waals surface area contributed by atoms with E-state index in [1.165, 1.54) is 17.5 Å². The van der Waals surface area contributed by atoms with Crippen LogP contribution in [0.1, 0.15) is 34.3 Å². The molecule has 0 aliphatic carbocycles. The Morgan fingerprint density at radius 3 is 2.48 bits per heavy atom. The second-order valence-electron chi connectivity index (χ2n) is 5.16. The van der Waals surface area contributed by atoms with Crippen LogP contribution in [0.4, 0.5) is 5.69 Å². The van der Waals surface area contributed by atoms with Crippen molar-refractivity contribution in [3.8, 4) is 0 Å². The summed E-state index contributed by atoms with van der Waals surface area (Å²) in [5.74, 6) is 0.342. The van der Waals surface area contributed by atoms with Crippen LogP contribution >= 0.6 is 0 Å². The number of hydrogen-bond acceptors (Lipinski definition) is 4. The standard InChI is InChI=1S/C18H17N3O2/c1-2-16-17(20-12-23-16)18(22)21-15-5-3-13(4-6-15)11-14-7-9-19-10-8-14/h3-10,12H,2,11H2,1H3,(H,21,22). The lowest BCUT2D eigenvalue weighted by molar-refractivity contribution is 0.102. The summed E-state index contributed by atoms with van der Waals surface area (Å²) in [6.45, 7) is 1.92. The van der Waals surface area contributed by atoms with Gasteiger partial charge in [0.2, 0.25) is 0 Å². The number of carbonyl (C=O) groups excluding carboxylic acids is 1. The minimum absolute atomic E-state index is 0.252. The van der Waals surface area contributed by atoms with Gasteiger partial charge in [0.25, 0.3) is 5.91 Å². The number of anilines is 1. The van der Waals surface area contributed by atoms with Gasteiger partial charge >= 0.3 is 0 Å². The summed E-state index contributed by atoms with van der Waals surface area (Å²) in [6, 6.07) is 11.8. The molecule has 0 fully saturated rings. The first-order valence-electron chi connectivity index (χ1n) is 7.48. The molecular weight excluding hydrogens is 290 g/mol. The fourth-order valence-electron chi connectivity index (χ4n) is 2.34. The van der Waals surface area contributed by atoms with Gasteiger partial charge in [-0.25, -0.2) is 4.98 Å². The van der Waals surface area contributed by atoms with E-state index < -0.39 is 0 Å². The summed E-state index contributed by atoms with van der Waals surface area (Å²) < 4.78 is 5.18. The van der Waals surface area contributed by atoms with Crippen LogP contribution in [0, 0.1) is 0 Å². The number of amides is 1. The Bertz CT molecular complexity index is 780. The van der Waals surface area contributed by atoms with Gasteiger partial charge in [-0.05, 0) is 41.8 Å². The lowest BCUT2D eigenvalue weighted by Crippen LogP contribution is -2.14. The van der Waals surface area contributed by atoms with Gasteiger partial charge in [0.05, 0.1) is 0 Å². The molecule has 3 aromatic rings. The first-order chi connectivity index (χ1) is 11.3. The van der Waals surface area contributed by atoms with Crippen molar-refractivity contribution < 1.29 is 9.21 Å². The zero-order valence-corrected chi connectivity index (χ0v) is 12.8. The van der Waals surface area contributed by atoms with E-state index in [0.29, 0.717) is 17.9 Å². The Morgan fingerprint density at radius 2 is 1.78 bits per heavy atom. The summed E-state index contributed by atoms with van der Waals surface area (Å²) in [6.07, 6.45) is 6.33. The van der Waals surface area contributed by atoms with Crippen LogP contribution < -0.4 is 5.32 Å². The van der Waals surface area contributed by atoms with E-state index in [2.05, 4.69) is 15.3 Å². The van der Waals surface area contributed by atoms with Crippen LogP contribution in [0.15, 0.2) is 59.6 Å². The van der Waals surface area contributed by atoms with Gasteiger partial charge in [-0.2, -0.15) is 0 Å². The normalized spacial score (nSPS) is 10.5. The van der Waals surface area contributed by atoms with Crippen LogP contribution in [-0.4, -0.2) is 15.9 Å². The molecule has 0 unspecified atom stereocenters. The summed E-state index contributed by atoms with van der Waals surface area (Å²) in [4.78, 5) is 20.2. The van der Waals surface area contributed by atoms with Crippen molar-refractivity contribution in [1.82, 2.24) is 9.97 Å². The molecule has 116 valence electrons. The molecule has 2 aromatic heterocycles. The number of aromatic nitrogens is 2. The third kappa shape index (κ3) is 3.63. The highest BCUT2D eigenvalue weighted by Gasteiger charge is 2.15. The minimum atomic E-state index is -0.252. The molecule has 23 heavy (non-hydrogen) atoms. The topological polar surface area (TPSA) is 68.0 Å². The molecule has 2 heterocycles. The number of nitrogens with zero attached hydrogens (tertiary/aromatic N) is 2. The Kier molecular flexibility index (Phi) is 4.47. The average molecular weight is 307 g/mol. The van der Waals surface area contributed by atoms with Crippen molar-refractivity contribution in [2.75, 3.05) is 5.32 Å². The Hall–Kier alpha value is -2.95. The van der Waals surface area contributed by atoms with Crippen molar-refractivity contribution in [3.63, 3.8) is 0 Å². The molecule has 0 saturated heterocycles. The highest BCUT2D eigenvalue weighted by atomic mass is 16.3. The van der Waals surface area contributed by atoms with Gasteiger partial charge in [-0.15, -0.1) is 0 Å². The molecule has 0 aliphatic heterocycles. The third-order valence-electron chi connectivity index (χ3n) is 3.55. The Balaban J connectivity index is 1.67. The summed E-state index contributed by atoms with van der Waals surface area (Å²) in [5.41, 5.74) is 3.45. The molecule has 0 atom stereocenters. The van der Waals surface area contributed by atoms with Gasteiger partial charge in [-0.1, -0.05) is 19.1 Å². The molecule has 5 nitrogen and oxygen atoms in total. The van der Waals surface area contributed by atoms with Gasteiger partial charge in [-0.3, -0.25) is 9.78 Å². The summed E-state index contributed by atoms with van der Waals surface area (Å²) >= 11 is 0. The molecule has 0 aliphatic rings.